The topological polar surface area (TPSA) is 75.6 Å². The van der Waals surface area contributed by atoms with Crippen molar-refractivity contribution in [2.45, 2.75) is 39.7 Å². The van der Waals surface area contributed by atoms with Crippen LogP contribution in [0.15, 0.2) is 36.4 Å². The number of nitrogens with one attached hydrogen (secondary N) is 1. The van der Waals surface area contributed by atoms with Gasteiger partial charge in [0, 0.05) is 11.3 Å². The zero-order chi connectivity index (χ0) is 20.3. The molecular formula is C23H25NO4. The molecule has 0 spiro atoms. The monoisotopic (exact) mass is 379 g/mol. The number of amides is 1. The highest BCUT2D eigenvalue weighted by atomic mass is 16.5. The number of carbonyl (C=O) groups is 2. The Morgan fingerprint density at radius 3 is 2.57 bits per heavy atom. The summed E-state index contributed by atoms with van der Waals surface area (Å²) < 4.78 is 5.90. The molecule has 0 unspecified atom stereocenters. The minimum atomic E-state index is -1.07. The molecule has 1 aliphatic carbocycles. The Morgan fingerprint density at radius 1 is 1.21 bits per heavy atom. The molecule has 2 aromatic carbocycles. The van der Waals surface area contributed by atoms with Crippen molar-refractivity contribution in [1.82, 2.24) is 5.32 Å². The van der Waals surface area contributed by atoms with E-state index in [0.717, 1.165) is 23.6 Å². The Morgan fingerprint density at radius 2 is 1.93 bits per heavy atom. The Bertz CT molecular complexity index is 958. The van der Waals surface area contributed by atoms with Gasteiger partial charge < -0.3 is 15.2 Å². The van der Waals surface area contributed by atoms with Gasteiger partial charge in [-0.1, -0.05) is 62.9 Å². The number of rotatable bonds is 5. The predicted octanol–water partition coefficient (Wildman–Crippen LogP) is 3.86. The number of aliphatic carboxylic acids is 1. The summed E-state index contributed by atoms with van der Waals surface area (Å²) in [5, 5.41) is 13.9. The first-order valence-electron chi connectivity index (χ1n) is 9.44. The Balaban J connectivity index is 1.92. The van der Waals surface area contributed by atoms with Crippen molar-refractivity contribution in [1.29, 1.82) is 0 Å². The van der Waals surface area contributed by atoms with Crippen molar-refractivity contribution in [3.63, 3.8) is 0 Å². The van der Waals surface area contributed by atoms with Crippen LogP contribution >= 0.6 is 0 Å². The van der Waals surface area contributed by atoms with E-state index >= 15 is 0 Å². The van der Waals surface area contributed by atoms with Gasteiger partial charge in [0.1, 0.15) is 18.4 Å². The Kier molecular flexibility index (Phi) is 5.60. The lowest BCUT2D eigenvalue weighted by Gasteiger charge is -2.28. The van der Waals surface area contributed by atoms with Crippen molar-refractivity contribution in [2.75, 3.05) is 6.61 Å². The molecule has 0 aromatic heterocycles. The van der Waals surface area contributed by atoms with Gasteiger partial charge in [-0.3, -0.25) is 4.79 Å². The summed E-state index contributed by atoms with van der Waals surface area (Å²) in [6, 6.07) is 10.1. The van der Waals surface area contributed by atoms with Gasteiger partial charge in [0.2, 0.25) is 0 Å². The molecule has 2 aromatic rings. The van der Waals surface area contributed by atoms with E-state index in [4.69, 9.17) is 4.74 Å². The maximum absolute atomic E-state index is 12.9. The van der Waals surface area contributed by atoms with Gasteiger partial charge in [-0.2, -0.15) is 0 Å². The zero-order valence-electron chi connectivity index (χ0n) is 16.4. The third-order valence-electron chi connectivity index (χ3n) is 4.68. The minimum Gasteiger partial charge on any atom is -0.480 e. The molecular weight excluding hydrogens is 354 g/mol. The summed E-state index contributed by atoms with van der Waals surface area (Å²) >= 11 is 0. The van der Waals surface area contributed by atoms with E-state index in [0.29, 0.717) is 17.2 Å². The van der Waals surface area contributed by atoms with Crippen LogP contribution in [0.25, 0.3) is 10.8 Å². The summed E-state index contributed by atoms with van der Waals surface area (Å²) in [4.78, 5) is 24.6. The van der Waals surface area contributed by atoms with E-state index in [1.807, 2.05) is 30.3 Å². The first kappa shape index (κ1) is 19.8. The lowest BCUT2D eigenvalue weighted by Crippen LogP contribution is -2.49. The van der Waals surface area contributed by atoms with Crippen LogP contribution < -0.4 is 10.1 Å². The number of benzene rings is 2. The van der Waals surface area contributed by atoms with E-state index in [1.165, 1.54) is 0 Å². The highest BCUT2D eigenvalue weighted by molar-refractivity contribution is 6.05. The second-order valence-electron chi connectivity index (χ2n) is 8.16. The predicted molar refractivity (Wildman–Crippen MR) is 108 cm³/mol. The highest BCUT2D eigenvalue weighted by Crippen LogP contribution is 2.31. The van der Waals surface area contributed by atoms with Crippen LogP contribution in [0.2, 0.25) is 0 Å². The second-order valence-corrected chi connectivity index (χ2v) is 8.16. The Hall–Kier alpha value is -3.00. The van der Waals surface area contributed by atoms with Gasteiger partial charge in [0.15, 0.2) is 0 Å². The molecule has 0 saturated heterocycles. The summed E-state index contributed by atoms with van der Waals surface area (Å²) in [5.74, 6) is 5.51. The average molecular weight is 379 g/mol. The van der Waals surface area contributed by atoms with Gasteiger partial charge in [-0.25, -0.2) is 4.79 Å². The van der Waals surface area contributed by atoms with Gasteiger partial charge in [-0.05, 0) is 29.7 Å². The minimum absolute atomic E-state index is 0.187. The average Bonchev–Trinajstić information content (AvgIpc) is 3.46. The lowest BCUT2D eigenvalue weighted by molar-refractivity contribution is -0.142. The molecule has 28 heavy (non-hydrogen) atoms. The third kappa shape index (κ3) is 4.64. The van der Waals surface area contributed by atoms with E-state index in [2.05, 4.69) is 17.2 Å². The number of carboxylic acids is 1. The molecule has 1 amide bonds. The van der Waals surface area contributed by atoms with E-state index in [-0.39, 0.29) is 6.61 Å². The van der Waals surface area contributed by atoms with Crippen molar-refractivity contribution >= 4 is 22.6 Å². The van der Waals surface area contributed by atoms with Crippen LogP contribution in [0, 0.1) is 23.2 Å². The molecule has 1 fully saturated rings. The fraction of sp³-hybridized carbons (Fsp3) is 0.391. The normalized spacial score (nSPS) is 14.7. The van der Waals surface area contributed by atoms with Crippen LogP contribution in [-0.2, 0) is 4.79 Å². The van der Waals surface area contributed by atoms with Gasteiger partial charge >= 0.3 is 5.97 Å². The second kappa shape index (κ2) is 7.93. The van der Waals surface area contributed by atoms with Crippen molar-refractivity contribution < 1.29 is 19.4 Å². The van der Waals surface area contributed by atoms with Crippen LogP contribution in [0.5, 0.6) is 5.75 Å². The van der Waals surface area contributed by atoms with Crippen molar-refractivity contribution in [3.8, 4) is 17.6 Å². The molecule has 1 atom stereocenters. The molecule has 0 aliphatic heterocycles. The number of fused-ring (bicyclic) bond motifs is 1. The number of carboxylic acid groups (broad SMARTS) is 1. The van der Waals surface area contributed by atoms with E-state index < -0.39 is 23.3 Å². The maximum Gasteiger partial charge on any atom is 0.326 e. The van der Waals surface area contributed by atoms with Crippen molar-refractivity contribution in [2.24, 2.45) is 11.3 Å². The first-order chi connectivity index (χ1) is 13.3. The maximum atomic E-state index is 12.9. The lowest BCUT2D eigenvalue weighted by atomic mass is 9.86. The molecule has 3 rings (SSSR count). The first-order valence-corrected chi connectivity index (χ1v) is 9.44. The molecule has 0 heterocycles. The van der Waals surface area contributed by atoms with Crippen LogP contribution in [0.1, 0.15) is 44.0 Å². The molecule has 0 radical (unpaired) electrons. The van der Waals surface area contributed by atoms with Crippen LogP contribution in [0.3, 0.4) is 0 Å². The SMILES string of the molecule is CC(C)(C)[C@H](NC(=O)c1ccc2ccccc2c1OCC#CC1CC1)C(=O)O. The largest absolute Gasteiger partial charge is 0.480 e. The van der Waals surface area contributed by atoms with Gasteiger partial charge in [-0.15, -0.1) is 0 Å². The van der Waals surface area contributed by atoms with Gasteiger partial charge in [0.25, 0.3) is 5.91 Å². The van der Waals surface area contributed by atoms with Crippen molar-refractivity contribution in [3.05, 3.63) is 42.0 Å². The number of ether oxygens (including phenoxy) is 1. The van der Waals surface area contributed by atoms with E-state index in [9.17, 15) is 14.7 Å². The highest BCUT2D eigenvalue weighted by Gasteiger charge is 2.33. The Labute approximate surface area is 165 Å². The molecule has 5 nitrogen and oxygen atoms in total. The summed E-state index contributed by atoms with van der Waals surface area (Å²) in [6.45, 7) is 5.51. The standard InChI is InChI=1S/C23H25NO4/c1-23(2,3)20(22(26)27)24-21(25)18-13-12-16-8-4-5-9-17(16)19(18)28-14-6-7-15-10-11-15/h4-5,8-9,12-13,15,20H,10-11,14H2,1-3H3,(H,24,25)(H,26,27)/t20-/m1/s1. The van der Waals surface area contributed by atoms with Crippen LogP contribution in [-0.4, -0.2) is 29.6 Å². The number of carbonyl (C=O) groups excluding carboxylic acids is 1. The third-order valence-corrected chi connectivity index (χ3v) is 4.68. The fourth-order valence-electron chi connectivity index (χ4n) is 2.96. The summed E-state index contributed by atoms with van der Waals surface area (Å²) in [7, 11) is 0. The summed E-state index contributed by atoms with van der Waals surface area (Å²) in [6.07, 6.45) is 2.27. The summed E-state index contributed by atoms with van der Waals surface area (Å²) in [5.41, 5.74) is -0.322. The van der Waals surface area contributed by atoms with E-state index in [1.54, 1.807) is 26.8 Å². The van der Waals surface area contributed by atoms with Gasteiger partial charge in [0.05, 0.1) is 5.56 Å². The van der Waals surface area contributed by atoms with Crippen LogP contribution in [0.4, 0.5) is 0 Å². The molecule has 5 heteroatoms. The molecule has 1 saturated carbocycles. The molecule has 146 valence electrons. The fourth-order valence-corrected chi connectivity index (χ4v) is 2.96. The number of hydrogen-bond acceptors (Lipinski definition) is 3. The molecule has 2 N–H and O–H groups in total. The molecule has 1 aliphatic rings. The zero-order valence-corrected chi connectivity index (χ0v) is 16.4. The number of hydrogen-bond donors (Lipinski definition) is 2. The quantitative estimate of drug-likeness (QED) is 0.774. The molecule has 0 bridgehead atoms. The smallest absolute Gasteiger partial charge is 0.326 e.